The SMILES string of the molecule is CCNC(C)c1ccc(N2CC3CCC(C2)O3)c(Cl)c1. The fraction of sp³-hybridized carbons (Fsp3) is 0.625. The predicted octanol–water partition coefficient (Wildman–Crippen LogP) is 3.38. The Morgan fingerprint density at radius 1 is 1.35 bits per heavy atom. The highest BCUT2D eigenvalue weighted by molar-refractivity contribution is 6.33. The predicted molar refractivity (Wildman–Crippen MR) is 83.7 cm³/mol. The second-order valence-electron chi connectivity index (χ2n) is 5.85. The number of morpholine rings is 1. The number of hydrogen-bond donors (Lipinski definition) is 1. The van der Waals surface area contributed by atoms with Crippen LogP contribution in [-0.2, 0) is 4.74 Å². The van der Waals surface area contributed by atoms with Crippen LogP contribution >= 0.6 is 11.6 Å². The van der Waals surface area contributed by atoms with Crippen LogP contribution in [0.15, 0.2) is 18.2 Å². The molecule has 0 spiro atoms. The lowest BCUT2D eigenvalue weighted by atomic mass is 10.1. The number of rotatable bonds is 4. The van der Waals surface area contributed by atoms with E-state index in [-0.39, 0.29) is 0 Å². The van der Waals surface area contributed by atoms with Gasteiger partial charge >= 0.3 is 0 Å². The molecule has 110 valence electrons. The number of nitrogens with zero attached hydrogens (tertiary/aromatic N) is 1. The highest BCUT2D eigenvalue weighted by Crippen LogP contribution is 2.34. The van der Waals surface area contributed by atoms with Gasteiger partial charge in [0.15, 0.2) is 0 Å². The van der Waals surface area contributed by atoms with Gasteiger partial charge in [-0.1, -0.05) is 24.6 Å². The van der Waals surface area contributed by atoms with Crippen LogP contribution in [0.25, 0.3) is 0 Å². The van der Waals surface area contributed by atoms with E-state index in [0.29, 0.717) is 18.2 Å². The zero-order valence-electron chi connectivity index (χ0n) is 12.2. The molecule has 2 fully saturated rings. The van der Waals surface area contributed by atoms with Gasteiger partial charge in [0, 0.05) is 19.1 Å². The summed E-state index contributed by atoms with van der Waals surface area (Å²) in [6, 6.07) is 6.79. The summed E-state index contributed by atoms with van der Waals surface area (Å²) in [6.45, 7) is 7.20. The maximum atomic E-state index is 6.51. The molecule has 1 aromatic rings. The van der Waals surface area contributed by atoms with Gasteiger partial charge in [0.05, 0.1) is 22.9 Å². The average molecular weight is 295 g/mol. The minimum Gasteiger partial charge on any atom is -0.371 e. The van der Waals surface area contributed by atoms with Crippen molar-refractivity contribution >= 4 is 17.3 Å². The first-order valence-electron chi connectivity index (χ1n) is 7.60. The van der Waals surface area contributed by atoms with Gasteiger partial charge in [0.2, 0.25) is 0 Å². The van der Waals surface area contributed by atoms with E-state index in [1.165, 1.54) is 18.4 Å². The largest absolute Gasteiger partial charge is 0.371 e. The molecular formula is C16H23ClN2O. The molecule has 1 N–H and O–H groups in total. The van der Waals surface area contributed by atoms with E-state index in [4.69, 9.17) is 16.3 Å². The summed E-state index contributed by atoms with van der Waals surface area (Å²) in [5, 5.41) is 4.28. The molecule has 2 saturated heterocycles. The van der Waals surface area contributed by atoms with Crippen molar-refractivity contribution in [3.8, 4) is 0 Å². The second kappa shape index (κ2) is 5.92. The van der Waals surface area contributed by atoms with Crippen molar-refractivity contribution in [1.29, 1.82) is 0 Å². The van der Waals surface area contributed by atoms with Crippen LogP contribution in [0.1, 0.15) is 38.3 Å². The maximum absolute atomic E-state index is 6.51. The Kier molecular flexibility index (Phi) is 4.20. The van der Waals surface area contributed by atoms with Gasteiger partial charge in [0.25, 0.3) is 0 Å². The molecule has 3 rings (SSSR count). The Morgan fingerprint density at radius 2 is 2.05 bits per heavy atom. The van der Waals surface area contributed by atoms with E-state index in [1.807, 2.05) is 0 Å². The second-order valence-corrected chi connectivity index (χ2v) is 6.26. The van der Waals surface area contributed by atoms with E-state index < -0.39 is 0 Å². The number of anilines is 1. The first-order valence-corrected chi connectivity index (χ1v) is 7.98. The summed E-state index contributed by atoms with van der Waals surface area (Å²) >= 11 is 6.51. The van der Waals surface area contributed by atoms with Crippen LogP contribution in [0.2, 0.25) is 5.02 Å². The van der Waals surface area contributed by atoms with Crippen molar-refractivity contribution in [2.24, 2.45) is 0 Å². The van der Waals surface area contributed by atoms with E-state index in [0.717, 1.165) is 30.3 Å². The van der Waals surface area contributed by atoms with E-state index in [2.05, 4.69) is 42.3 Å². The Balaban J connectivity index is 1.77. The van der Waals surface area contributed by atoms with Gasteiger partial charge in [-0.3, -0.25) is 0 Å². The van der Waals surface area contributed by atoms with Crippen LogP contribution in [0.5, 0.6) is 0 Å². The fourth-order valence-electron chi connectivity index (χ4n) is 3.28. The molecule has 0 amide bonds. The third-order valence-electron chi connectivity index (χ3n) is 4.37. The topological polar surface area (TPSA) is 24.5 Å². The van der Waals surface area contributed by atoms with Gasteiger partial charge < -0.3 is 15.0 Å². The third kappa shape index (κ3) is 2.80. The van der Waals surface area contributed by atoms with Crippen molar-refractivity contribution in [2.45, 2.75) is 44.9 Å². The standard InChI is InChI=1S/C16H23ClN2O/c1-3-18-11(2)12-4-7-16(15(17)8-12)19-9-13-5-6-14(10-19)20-13/h4,7-8,11,13-14,18H,3,5-6,9-10H2,1-2H3. The number of hydrogen-bond acceptors (Lipinski definition) is 3. The molecule has 0 aliphatic carbocycles. The summed E-state index contributed by atoms with van der Waals surface area (Å²) < 4.78 is 5.89. The molecule has 4 heteroatoms. The van der Waals surface area contributed by atoms with Crippen molar-refractivity contribution < 1.29 is 4.74 Å². The molecule has 1 aromatic carbocycles. The minimum atomic E-state index is 0.340. The highest BCUT2D eigenvalue weighted by Gasteiger charge is 2.34. The van der Waals surface area contributed by atoms with Gasteiger partial charge in [-0.15, -0.1) is 0 Å². The van der Waals surface area contributed by atoms with Crippen molar-refractivity contribution in [3.63, 3.8) is 0 Å². The number of halogens is 1. The molecule has 2 aliphatic heterocycles. The van der Waals surface area contributed by atoms with Gasteiger partial charge in [0.1, 0.15) is 0 Å². The van der Waals surface area contributed by atoms with E-state index in [1.54, 1.807) is 0 Å². The monoisotopic (exact) mass is 294 g/mol. The quantitative estimate of drug-likeness (QED) is 0.921. The molecule has 0 aromatic heterocycles. The van der Waals surface area contributed by atoms with Gasteiger partial charge in [-0.25, -0.2) is 0 Å². The average Bonchev–Trinajstić information content (AvgIpc) is 2.77. The van der Waals surface area contributed by atoms with Gasteiger partial charge in [-0.2, -0.15) is 0 Å². The molecule has 3 unspecified atom stereocenters. The number of ether oxygens (including phenoxy) is 1. The molecule has 2 heterocycles. The van der Waals surface area contributed by atoms with E-state index >= 15 is 0 Å². The number of fused-ring (bicyclic) bond motifs is 2. The van der Waals surface area contributed by atoms with Crippen LogP contribution in [-0.4, -0.2) is 31.8 Å². The summed E-state index contributed by atoms with van der Waals surface area (Å²) in [5.41, 5.74) is 2.40. The summed E-state index contributed by atoms with van der Waals surface area (Å²) in [6.07, 6.45) is 3.16. The van der Waals surface area contributed by atoms with E-state index in [9.17, 15) is 0 Å². The van der Waals surface area contributed by atoms with Crippen LogP contribution < -0.4 is 10.2 Å². The Labute approximate surface area is 126 Å². The van der Waals surface area contributed by atoms with Crippen molar-refractivity contribution in [2.75, 3.05) is 24.5 Å². The first-order chi connectivity index (χ1) is 9.67. The third-order valence-corrected chi connectivity index (χ3v) is 4.67. The summed E-state index contributed by atoms with van der Waals surface area (Å²) in [5.74, 6) is 0. The molecular weight excluding hydrogens is 272 g/mol. The van der Waals surface area contributed by atoms with Crippen LogP contribution in [0, 0.1) is 0 Å². The Bertz CT molecular complexity index is 468. The maximum Gasteiger partial charge on any atom is 0.0755 e. The lowest BCUT2D eigenvalue weighted by Gasteiger charge is -2.34. The lowest BCUT2D eigenvalue weighted by Crippen LogP contribution is -2.42. The molecule has 0 radical (unpaired) electrons. The zero-order chi connectivity index (χ0) is 14.1. The zero-order valence-corrected chi connectivity index (χ0v) is 13.0. The lowest BCUT2D eigenvalue weighted by molar-refractivity contribution is 0.0305. The number of benzene rings is 1. The molecule has 20 heavy (non-hydrogen) atoms. The highest BCUT2D eigenvalue weighted by atomic mass is 35.5. The summed E-state index contributed by atoms with van der Waals surface area (Å²) in [7, 11) is 0. The normalized spacial score (nSPS) is 26.9. The minimum absolute atomic E-state index is 0.340. The molecule has 3 nitrogen and oxygen atoms in total. The van der Waals surface area contributed by atoms with Crippen molar-refractivity contribution in [1.82, 2.24) is 5.32 Å². The fourth-order valence-corrected chi connectivity index (χ4v) is 3.59. The Morgan fingerprint density at radius 3 is 2.65 bits per heavy atom. The Hall–Kier alpha value is -0.770. The smallest absolute Gasteiger partial charge is 0.0755 e. The molecule has 3 atom stereocenters. The van der Waals surface area contributed by atoms with Gasteiger partial charge in [-0.05, 0) is 44.0 Å². The molecule has 2 bridgehead atoms. The first kappa shape index (κ1) is 14.2. The van der Waals surface area contributed by atoms with Crippen LogP contribution in [0.4, 0.5) is 5.69 Å². The molecule has 0 saturated carbocycles. The number of nitrogens with one attached hydrogen (secondary N) is 1. The van der Waals surface area contributed by atoms with Crippen molar-refractivity contribution in [3.05, 3.63) is 28.8 Å². The van der Waals surface area contributed by atoms with Crippen LogP contribution in [0.3, 0.4) is 0 Å². The molecule has 2 aliphatic rings. The summed E-state index contributed by atoms with van der Waals surface area (Å²) in [4.78, 5) is 2.38.